The Balaban J connectivity index is 2.02. The zero-order chi connectivity index (χ0) is 15.2. The van der Waals surface area contributed by atoms with Crippen LogP contribution in [0, 0.1) is 0 Å². The van der Waals surface area contributed by atoms with E-state index in [1.54, 1.807) is 11.8 Å². The molecular formula is C15H19BrN2O2S. The molecule has 0 spiro atoms. The van der Waals surface area contributed by atoms with E-state index >= 15 is 0 Å². The minimum atomic E-state index is -0.168. The molecule has 21 heavy (non-hydrogen) atoms. The Kier molecular flexibility index (Phi) is 6.14. The zero-order valence-electron chi connectivity index (χ0n) is 11.9. The summed E-state index contributed by atoms with van der Waals surface area (Å²) in [6.45, 7) is 0.236. The first-order valence-electron chi connectivity index (χ1n) is 6.77. The Hall–Kier alpha value is -0.980. The van der Waals surface area contributed by atoms with Gasteiger partial charge in [0.15, 0.2) is 0 Å². The third-order valence-corrected chi connectivity index (χ3v) is 4.44. The van der Waals surface area contributed by atoms with Crippen molar-refractivity contribution in [2.75, 3.05) is 18.6 Å². The van der Waals surface area contributed by atoms with Gasteiger partial charge in [-0.05, 0) is 42.0 Å². The fourth-order valence-electron chi connectivity index (χ4n) is 2.19. The van der Waals surface area contributed by atoms with Gasteiger partial charge < -0.3 is 15.0 Å². The second-order valence-corrected chi connectivity index (χ2v) is 6.78. The summed E-state index contributed by atoms with van der Waals surface area (Å²) in [6.07, 6.45) is 4.70. The number of rotatable bonds is 7. The third kappa shape index (κ3) is 4.49. The van der Waals surface area contributed by atoms with E-state index in [9.17, 15) is 9.90 Å². The molecule has 1 aromatic carbocycles. The van der Waals surface area contributed by atoms with Crippen LogP contribution >= 0.6 is 27.7 Å². The molecular weight excluding hydrogens is 352 g/mol. The average molecular weight is 371 g/mol. The molecule has 0 saturated heterocycles. The first-order valence-corrected chi connectivity index (χ1v) is 8.96. The number of hydrogen-bond acceptors (Lipinski definition) is 3. The van der Waals surface area contributed by atoms with Crippen molar-refractivity contribution in [3.63, 3.8) is 0 Å². The molecule has 0 radical (unpaired) electrons. The van der Waals surface area contributed by atoms with Gasteiger partial charge in [-0.25, -0.2) is 0 Å². The fraction of sp³-hybridized carbons (Fsp3) is 0.400. The highest BCUT2D eigenvalue weighted by atomic mass is 79.9. The van der Waals surface area contributed by atoms with E-state index < -0.39 is 0 Å². The normalized spacial score (nSPS) is 12.5. The number of nitrogens with zero attached hydrogens (tertiary/aromatic N) is 1. The third-order valence-electron chi connectivity index (χ3n) is 3.31. The number of aromatic nitrogens is 1. The van der Waals surface area contributed by atoms with Crippen LogP contribution in [0.25, 0.3) is 10.9 Å². The highest BCUT2D eigenvalue weighted by Gasteiger charge is 2.12. The molecule has 0 aliphatic heterocycles. The topological polar surface area (TPSA) is 54.3 Å². The average Bonchev–Trinajstić information content (AvgIpc) is 2.85. The van der Waals surface area contributed by atoms with E-state index in [4.69, 9.17) is 0 Å². The summed E-state index contributed by atoms with van der Waals surface area (Å²) in [5.74, 6) is 0.845. The van der Waals surface area contributed by atoms with Gasteiger partial charge in [-0.3, -0.25) is 4.79 Å². The van der Waals surface area contributed by atoms with Gasteiger partial charge in [0.05, 0.1) is 12.6 Å². The Morgan fingerprint density at radius 2 is 2.29 bits per heavy atom. The van der Waals surface area contributed by atoms with Gasteiger partial charge >= 0.3 is 0 Å². The highest BCUT2D eigenvalue weighted by molar-refractivity contribution is 9.10. The van der Waals surface area contributed by atoms with E-state index in [2.05, 4.69) is 21.2 Å². The number of aliphatic hydroxyl groups is 1. The van der Waals surface area contributed by atoms with Crippen LogP contribution in [-0.4, -0.2) is 40.2 Å². The molecule has 0 aliphatic carbocycles. The van der Waals surface area contributed by atoms with E-state index in [1.165, 1.54) is 0 Å². The Labute approximate surface area is 137 Å². The smallest absolute Gasteiger partial charge is 0.240 e. The lowest BCUT2D eigenvalue weighted by molar-refractivity contribution is -0.122. The van der Waals surface area contributed by atoms with Crippen molar-refractivity contribution in [3.8, 4) is 0 Å². The summed E-state index contributed by atoms with van der Waals surface area (Å²) < 4.78 is 2.90. The maximum Gasteiger partial charge on any atom is 0.240 e. The molecule has 0 bridgehead atoms. The monoisotopic (exact) mass is 370 g/mol. The molecule has 4 nitrogen and oxygen atoms in total. The van der Waals surface area contributed by atoms with Crippen LogP contribution in [0.4, 0.5) is 0 Å². The van der Waals surface area contributed by atoms with E-state index in [0.717, 1.165) is 27.5 Å². The second kappa shape index (κ2) is 7.87. The van der Waals surface area contributed by atoms with Crippen LogP contribution in [0.3, 0.4) is 0 Å². The number of thioether (sulfide) groups is 1. The van der Waals surface area contributed by atoms with Crippen LogP contribution < -0.4 is 5.32 Å². The molecule has 2 rings (SSSR count). The molecule has 114 valence electrons. The molecule has 1 aromatic heterocycles. The van der Waals surface area contributed by atoms with Crippen LogP contribution in [0.5, 0.6) is 0 Å². The molecule has 0 unspecified atom stereocenters. The van der Waals surface area contributed by atoms with Crippen molar-refractivity contribution in [1.82, 2.24) is 9.88 Å². The molecule has 2 aromatic rings. The minimum absolute atomic E-state index is 0.0235. The number of benzene rings is 1. The number of carbonyl (C=O) groups excluding carboxylic acids is 1. The van der Waals surface area contributed by atoms with Crippen molar-refractivity contribution >= 4 is 44.5 Å². The summed E-state index contributed by atoms with van der Waals surface area (Å²) in [4.78, 5) is 12.1. The van der Waals surface area contributed by atoms with E-state index in [0.29, 0.717) is 0 Å². The highest BCUT2D eigenvalue weighted by Crippen LogP contribution is 2.20. The number of halogens is 1. The summed E-state index contributed by atoms with van der Waals surface area (Å²) in [6, 6.07) is 7.82. The molecule has 0 aliphatic rings. The van der Waals surface area contributed by atoms with Crippen LogP contribution in [0.1, 0.15) is 6.42 Å². The summed E-state index contributed by atoms with van der Waals surface area (Å²) in [7, 11) is 0. The number of nitrogens with one attached hydrogen (secondary N) is 1. The van der Waals surface area contributed by atoms with E-state index in [-0.39, 0.29) is 25.1 Å². The SMILES string of the molecule is CSCC[C@@H](CO)NC(=O)Cn1ccc2ccc(Br)cc21. The number of amides is 1. The molecule has 1 amide bonds. The Morgan fingerprint density at radius 3 is 3.00 bits per heavy atom. The molecule has 2 N–H and O–H groups in total. The van der Waals surface area contributed by atoms with Gasteiger partial charge in [-0.1, -0.05) is 22.0 Å². The van der Waals surface area contributed by atoms with E-state index in [1.807, 2.05) is 41.3 Å². The molecule has 1 heterocycles. The quantitative estimate of drug-likeness (QED) is 0.787. The zero-order valence-corrected chi connectivity index (χ0v) is 14.3. The predicted molar refractivity (Wildman–Crippen MR) is 91.7 cm³/mol. The lowest BCUT2D eigenvalue weighted by Gasteiger charge is -2.16. The molecule has 1 atom stereocenters. The van der Waals surface area contributed by atoms with Crippen molar-refractivity contribution in [2.45, 2.75) is 19.0 Å². The van der Waals surface area contributed by atoms with Crippen molar-refractivity contribution in [2.24, 2.45) is 0 Å². The summed E-state index contributed by atoms with van der Waals surface area (Å²) in [5.41, 5.74) is 1.02. The Bertz CT molecular complexity index is 615. The van der Waals surface area contributed by atoms with Gasteiger partial charge in [-0.15, -0.1) is 0 Å². The lowest BCUT2D eigenvalue weighted by Crippen LogP contribution is -2.39. The number of aliphatic hydroxyl groups excluding tert-OH is 1. The standard InChI is InChI=1S/C15H19BrN2O2S/c1-21-7-5-13(10-19)17-15(20)9-18-6-4-11-2-3-12(16)8-14(11)18/h2-4,6,8,13,19H,5,7,9-10H2,1H3,(H,17,20)/t13-/m0/s1. The van der Waals surface area contributed by atoms with Gasteiger partial charge in [0.2, 0.25) is 5.91 Å². The van der Waals surface area contributed by atoms with Crippen molar-refractivity contribution in [1.29, 1.82) is 0 Å². The maximum atomic E-state index is 12.1. The van der Waals surface area contributed by atoms with Crippen LogP contribution in [0.2, 0.25) is 0 Å². The predicted octanol–water partition coefficient (Wildman–Crippen LogP) is 2.63. The van der Waals surface area contributed by atoms with Gasteiger partial charge in [0, 0.05) is 16.2 Å². The first-order chi connectivity index (χ1) is 10.1. The Morgan fingerprint density at radius 1 is 1.48 bits per heavy atom. The minimum Gasteiger partial charge on any atom is -0.394 e. The largest absolute Gasteiger partial charge is 0.394 e. The fourth-order valence-corrected chi connectivity index (χ4v) is 3.06. The summed E-state index contributed by atoms with van der Waals surface area (Å²) in [5, 5.41) is 13.3. The van der Waals surface area contributed by atoms with Crippen molar-refractivity contribution < 1.29 is 9.90 Å². The van der Waals surface area contributed by atoms with Gasteiger partial charge in [0.25, 0.3) is 0 Å². The number of fused-ring (bicyclic) bond motifs is 1. The summed E-state index contributed by atoms with van der Waals surface area (Å²) >= 11 is 5.16. The first kappa shape index (κ1) is 16.4. The maximum absolute atomic E-state index is 12.1. The molecule has 0 saturated carbocycles. The lowest BCUT2D eigenvalue weighted by atomic mass is 10.2. The second-order valence-electron chi connectivity index (χ2n) is 4.88. The van der Waals surface area contributed by atoms with Crippen LogP contribution in [0.15, 0.2) is 34.9 Å². The number of hydrogen-bond donors (Lipinski definition) is 2. The van der Waals surface area contributed by atoms with Crippen LogP contribution in [-0.2, 0) is 11.3 Å². The number of carbonyl (C=O) groups is 1. The van der Waals surface area contributed by atoms with Gasteiger partial charge in [-0.2, -0.15) is 11.8 Å². The molecule has 0 fully saturated rings. The van der Waals surface area contributed by atoms with Crippen molar-refractivity contribution in [3.05, 3.63) is 34.9 Å². The molecule has 6 heteroatoms. The van der Waals surface area contributed by atoms with Gasteiger partial charge in [0.1, 0.15) is 6.54 Å².